The summed E-state index contributed by atoms with van der Waals surface area (Å²) in [5, 5.41) is 5.59. The van der Waals surface area contributed by atoms with E-state index in [1.807, 2.05) is 12.4 Å². The summed E-state index contributed by atoms with van der Waals surface area (Å²) in [5.41, 5.74) is 0.742. The fourth-order valence-electron chi connectivity index (χ4n) is 2.05. The van der Waals surface area contributed by atoms with Gasteiger partial charge in [0.25, 0.3) is 0 Å². The van der Waals surface area contributed by atoms with Crippen molar-refractivity contribution in [3.63, 3.8) is 0 Å². The zero-order chi connectivity index (χ0) is 14.5. The number of rotatable bonds is 6. The Balaban J connectivity index is 0.00000220. The maximum atomic E-state index is 12.0. The van der Waals surface area contributed by atoms with E-state index in [-0.39, 0.29) is 36.6 Å². The molecule has 0 bridgehead atoms. The van der Waals surface area contributed by atoms with Crippen LogP contribution in [-0.2, 0) is 16.0 Å². The molecule has 1 aromatic heterocycles. The Hall–Kier alpha value is -0.890. The molecule has 0 unspecified atom stereocenters. The van der Waals surface area contributed by atoms with Crippen LogP contribution < -0.4 is 10.2 Å². The van der Waals surface area contributed by atoms with Gasteiger partial charge in [0.2, 0.25) is 11.8 Å². The molecule has 2 amide bonds. The standard InChI is InChI=1S/C13H20N4O2S.2ClH/c1-14-5-7-16(2)12(19)8-10-9-20-13(15-10)17-6-3-4-11(17)18;;/h9,14H,3-8H2,1-2H3;2*1H. The van der Waals surface area contributed by atoms with Crippen molar-refractivity contribution in [1.29, 1.82) is 0 Å². The van der Waals surface area contributed by atoms with Crippen LogP contribution in [0.5, 0.6) is 0 Å². The molecule has 6 nitrogen and oxygen atoms in total. The quantitative estimate of drug-likeness (QED) is 0.822. The smallest absolute Gasteiger partial charge is 0.228 e. The van der Waals surface area contributed by atoms with E-state index in [2.05, 4.69) is 10.3 Å². The number of likely N-dealkylation sites (N-methyl/N-ethyl adjacent to an activating group) is 2. The summed E-state index contributed by atoms with van der Waals surface area (Å²) in [6.07, 6.45) is 1.78. The van der Waals surface area contributed by atoms with E-state index < -0.39 is 0 Å². The molecule has 1 aromatic rings. The number of aromatic nitrogens is 1. The lowest BCUT2D eigenvalue weighted by molar-refractivity contribution is -0.129. The summed E-state index contributed by atoms with van der Waals surface area (Å²) in [6.45, 7) is 2.19. The van der Waals surface area contributed by atoms with Gasteiger partial charge < -0.3 is 10.2 Å². The molecule has 1 aliphatic heterocycles. The topological polar surface area (TPSA) is 65.5 Å². The number of carbonyl (C=O) groups is 2. The van der Waals surface area contributed by atoms with Gasteiger partial charge in [-0.15, -0.1) is 36.2 Å². The van der Waals surface area contributed by atoms with E-state index in [0.29, 0.717) is 24.5 Å². The third kappa shape index (κ3) is 5.39. The number of nitrogens with zero attached hydrogens (tertiary/aromatic N) is 3. The summed E-state index contributed by atoms with van der Waals surface area (Å²) in [7, 11) is 3.65. The molecule has 0 spiro atoms. The Labute approximate surface area is 147 Å². The molecule has 0 saturated carbocycles. The first-order valence-electron chi connectivity index (χ1n) is 6.75. The van der Waals surface area contributed by atoms with Crippen molar-refractivity contribution in [3.05, 3.63) is 11.1 Å². The van der Waals surface area contributed by atoms with Crippen LogP contribution in [-0.4, -0.2) is 55.4 Å². The second-order valence-electron chi connectivity index (χ2n) is 4.87. The van der Waals surface area contributed by atoms with E-state index in [1.165, 1.54) is 11.3 Å². The van der Waals surface area contributed by atoms with Gasteiger partial charge in [-0.05, 0) is 13.5 Å². The van der Waals surface area contributed by atoms with Crippen molar-refractivity contribution >= 4 is 53.1 Å². The molecule has 1 saturated heterocycles. The molecule has 1 aliphatic rings. The first-order chi connectivity index (χ1) is 9.61. The summed E-state index contributed by atoms with van der Waals surface area (Å²) >= 11 is 1.43. The lowest BCUT2D eigenvalue weighted by atomic mass is 10.3. The van der Waals surface area contributed by atoms with Gasteiger partial charge in [-0.1, -0.05) is 0 Å². The van der Waals surface area contributed by atoms with Crippen LogP contribution in [0.1, 0.15) is 18.5 Å². The third-order valence-corrected chi connectivity index (χ3v) is 4.21. The molecule has 0 atom stereocenters. The minimum absolute atomic E-state index is 0. The molecule has 0 aliphatic carbocycles. The van der Waals surface area contributed by atoms with Crippen molar-refractivity contribution in [2.75, 3.05) is 38.6 Å². The fourth-order valence-corrected chi connectivity index (χ4v) is 2.91. The molecule has 126 valence electrons. The molecule has 2 heterocycles. The Morgan fingerprint density at radius 2 is 2.23 bits per heavy atom. The molecular formula is C13H22Cl2N4O2S. The van der Waals surface area contributed by atoms with Gasteiger partial charge in [0.05, 0.1) is 12.1 Å². The Morgan fingerprint density at radius 3 is 2.82 bits per heavy atom. The highest BCUT2D eigenvalue weighted by atomic mass is 35.5. The molecular weight excluding hydrogens is 347 g/mol. The van der Waals surface area contributed by atoms with Crippen molar-refractivity contribution in [1.82, 2.24) is 15.2 Å². The number of anilines is 1. The lowest BCUT2D eigenvalue weighted by Crippen LogP contribution is -2.33. The highest BCUT2D eigenvalue weighted by molar-refractivity contribution is 7.14. The largest absolute Gasteiger partial charge is 0.344 e. The average Bonchev–Trinajstić information content (AvgIpc) is 3.04. The summed E-state index contributed by atoms with van der Waals surface area (Å²) in [5.74, 6) is 0.174. The number of amides is 2. The summed E-state index contributed by atoms with van der Waals surface area (Å²) < 4.78 is 0. The zero-order valence-electron chi connectivity index (χ0n) is 12.7. The van der Waals surface area contributed by atoms with Crippen LogP contribution in [0.4, 0.5) is 5.13 Å². The van der Waals surface area contributed by atoms with Gasteiger partial charge in [0, 0.05) is 38.5 Å². The van der Waals surface area contributed by atoms with Crippen LogP contribution in [0.2, 0.25) is 0 Å². The van der Waals surface area contributed by atoms with Gasteiger partial charge in [0.1, 0.15) is 0 Å². The van der Waals surface area contributed by atoms with E-state index in [4.69, 9.17) is 0 Å². The maximum Gasteiger partial charge on any atom is 0.228 e. The Morgan fingerprint density at radius 1 is 1.50 bits per heavy atom. The molecule has 1 fully saturated rings. The first-order valence-corrected chi connectivity index (χ1v) is 7.63. The molecule has 2 rings (SSSR count). The number of hydrogen-bond donors (Lipinski definition) is 1. The van der Waals surface area contributed by atoms with Crippen LogP contribution in [0, 0.1) is 0 Å². The summed E-state index contributed by atoms with van der Waals surface area (Å²) in [6, 6.07) is 0. The third-order valence-electron chi connectivity index (χ3n) is 3.30. The number of hydrogen-bond acceptors (Lipinski definition) is 5. The zero-order valence-corrected chi connectivity index (χ0v) is 15.2. The van der Waals surface area contributed by atoms with E-state index in [9.17, 15) is 9.59 Å². The number of thiazole rings is 1. The van der Waals surface area contributed by atoms with E-state index in [1.54, 1.807) is 16.8 Å². The number of nitrogens with one attached hydrogen (secondary N) is 1. The van der Waals surface area contributed by atoms with Crippen molar-refractivity contribution in [2.45, 2.75) is 19.3 Å². The SMILES string of the molecule is CNCCN(C)C(=O)Cc1csc(N2CCCC2=O)n1.Cl.Cl. The predicted molar refractivity (Wildman–Crippen MR) is 93.5 cm³/mol. The second kappa shape index (κ2) is 9.99. The fraction of sp³-hybridized carbons (Fsp3) is 0.615. The van der Waals surface area contributed by atoms with Crippen LogP contribution in [0.3, 0.4) is 0 Å². The van der Waals surface area contributed by atoms with Crippen molar-refractivity contribution in [2.24, 2.45) is 0 Å². The monoisotopic (exact) mass is 368 g/mol. The average molecular weight is 369 g/mol. The van der Waals surface area contributed by atoms with Crippen LogP contribution in [0.25, 0.3) is 0 Å². The van der Waals surface area contributed by atoms with Gasteiger partial charge in [-0.25, -0.2) is 4.98 Å². The summed E-state index contributed by atoms with van der Waals surface area (Å²) in [4.78, 5) is 31.4. The van der Waals surface area contributed by atoms with E-state index in [0.717, 1.165) is 25.2 Å². The highest BCUT2D eigenvalue weighted by Crippen LogP contribution is 2.25. The van der Waals surface area contributed by atoms with Crippen molar-refractivity contribution in [3.8, 4) is 0 Å². The molecule has 9 heteroatoms. The second-order valence-corrected chi connectivity index (χ2v) is 5.70. The number of carbonyl (C=O) groups excluding carboxylic acids is 2. The minimum atomic E-state index is 0. The normalized spacial score (nSPS) is 13.5. The van der Waals surface area contributed by atoms with Gasteiger partial charge in [-0.3, -0.25) is 14.5 Å². The molecule has 0 radical (unpaired) electrons. The first kappa shape index (κ1) is 21.1. The van der Waals surface area contributed by atoms with Crippen LogP contribution >= 0.6 is 36.2 Å². The Bertz CT molecular complexity index is 498. The van der Waals surface area contributed by atoms with Crippen LogP contribution in [0.15, 0.2) is 5.38 Å². The lowest BCUT2D eigenvalue weighted by Gasteiger charge is -2.16. The minimum Gasteiger partial charge on any atom is -0.344 e. The maximum absolute atomic E-state index is 12.0. The molecule has 1 N–H and O–H groups in total. The molecule has 22 heavy (non-hydrogen) atoms. The number of halogens is 2. The Kier molecular flexibility index (Phi) is 9.59. The molecule has 0 aromatic carbocycles. The van der Waals surface area contributed by atoms with Gasteiger partial charge in [0.15, 0.2) is 5.13 Å². The van der Waals surface area contributed by atoms with E-state index >= 15 is 0 Å². The predicted octanol–water partition coefficient (Wildman–Crippen LogP) is 1.33. The van der Waals surface area contributed by atoms with Crippen molar-refractivity contribution < 1.29 is 9.59 Å². The van der Waals surface area contributed by atoms with Gasteiger partial charge >= 0.3 is 0 Å². The highest BCUT2D eigenvalue weighted by Gasteiger charge is 2.24. The van der Waals surface area contributed by atoms with Gasteiger partial charge in [-0.2, -0.15) is 0 Å².